The van der Waals surface area contributed by atoms with Gasteiger partial charge in [-0.3, -0.25) is 14.6 Å². The molecule has 1 aliphatic carbocycles. The van der Waals surface area contributed by atoms with Crippen LogP contribution in [-0.2, 0) is 0 Å². The van der Waals surface area contributed by atoms with Crippen LogP contribution in [0.25, 0.3) is 31.4 Å². The number of carbonyl (C=O) groups excluding carboxylic acids is 1. The number of nitrogens with zero attached hydrogens (tertiary/aromatic N) is 4. The SMILES string of the molecule is O=C(NCCN1CC2C=CC1C2)c1ccc(-c2cccc3c2sc2ccccc23)nc1N1CCN(CCO)CC1. The van der Waals surface area contributed by atoms with Crippen LogP contribution in [0.1, 0.15) is 16.8 Å². The number of β-amino-alcohol motifs (C(OH)–C–C–N with tert-alkyl or cyclic N) is 1. The third kappa shape index (κ3) is 4.79. The lowest BCUT2D eigenvalue weighted by atomic mass is 10.1. The molecular formula is C32H35N5O2S. The highest BCUT2D eigenvalue weighted by molar-refractivity contribution is 7.26. The number of aliphatic hydroxyl groups is 1. The van der Waals surface area contributed by atoms with Gasteiger partial charge in [0.1, 0.15) is 5.82 Å². The molecule has 0 spiro atoms. The van der Waals surface area contributed by atoms with E-state index in [0.29, 0.717) is 30.6 Å². The van der Waals surface area contributed by atoms with Crippen LogP contribution in [0.15, 0.2) is 66.7 Å². The van der Waals surface area contributed by atoms with Crippen molar-refractivity contribution >= 4 is 43.2 Å². The number of rotatable bonds is 8. The van der Waals surface area contributed by atoms with E-state index in [0.717, 1.165) is 56.3 Å². The van der Waals surface area contributed by atoms with Gasteiger partial charge in [-0.1, -0.05) is 48.6 Å². The number of piperazine rings is 1. The molecule has 2 aromatic carbocycles. The average Bonchev–Trinajstić information content (AvgIpc) is 3.72. The fourth-order valence-corrected chi connectivity index (χ4v) is 7.78. The molecule has 1 amide bonds. The molecule has 4 heterocycles. The third-order valence-electron chi connectivity index (χ3n) is 8.66. The summed E-state index contributed by atoms with van der Waals surface area (Å²) in [6.45, 7) is 6.65. The molecule has 7 rings (SSSR count). The minimum absolute atomic E-state index is 0.0631. The molecule has 4 aromatic rings. The number of anilines is 1. The Morgan fingerprint density at radius 1 is 0.975 bits per heavy atom. The molecule has 2 saturated heterocycles. The number of hydrogen-bond acceptors (Lipinski definition) is 7. The predicted molar refractivity (Wildman–Crippen MR) is 163 cm³/mol. The topological polar surface area (TPSA) is 71.9 Å². The predicted octanol–water partition coefficient (Wildman–Crippen LogP) is 4.22. The molecular weight excluding hydrogens is 518 g/mol. The molecule has 206 valence electrons. The van der Waals surface area contributed by atoms with Crippen LogP contribution in [0.5, 0.6) is 0 Å². The molecule has 40 heavy (non-hydrogen) atoms. The third-order valence-corrected chi connectivity index (χ3v) is 9.88. The van der Waals surface area contributed by atoms with Gasteiger partial charge in [0.25, 0.3) is 5.91 Å². The summed E-state index contributed by atoms with van der Waals surface area (Å²) in [4.78, 5) is 25.7. The monoisotopic (exact) mass is 553 g/mol. The molecule has 2 fully saturated rings. The van der Waals surface area contributed by atoms with Crippen LogP contribution in [0, 0.1) is 5.92 Å². The highest BCUT2D eigenvalue weighted by atomic mass is 32.1. The van der Waals surface area contributed by atoms with E-state index < -0.39 is 0 Å². The number of aromatic nitrogens is 1. The molecule has 8 heteroatoms. The summed E-state index contributed by atoms with van der Waals surface area (Å²) in [5.74, 6) is 1.37. The Hall–Kier alpha value is -3.30. The van der Waals surface area contributed by atoms with Crippen molar-refractivity contribution < 1.29 is 9.90 Å². The lowest BCUT2D eigenvalue weighted by Crippen LogP contribution is -2.48. The van der Waals surface area contributed by atoms with Crippen LogP contribution in [-0.4, -0.2) is 90.8 Å². The van der Waals surface area contributed by atoms with Crippen LogP contribution >= 0.6 is 11.3 Å². The van der Waals surface area contributed by atoms with Crippen LogP contribution in [0.3, 0.4) is 0 Å². The van der Waals surface area contributed by atoms with Crippen LogP contribution < -0.4 is 10.2 Å². The van der Waals surface area contributed by atoms with Crippen molar-refractivity contribution in [3.8, 4) is 11.3 Å². The second-order valence-electron chi connectivity index (χ2n) is 11.1. The Bertz CT molecular complexity index is 1570. The van der Waals surface area contributed by atoms with Gasteiger partial charge in [-0.2, -0.15) is 0 Å². The maximum absolute atomic E-state index is 13.5. The van der Waals surface area contributed by atoms with Crippen LogP contribution in [0.2, 0.25) is 0 Å². The van der Waals surface area contributed by atoms with Gasteiger partial charge in [0, 0.05) is 84.1 Å². The van der Waals surface area contributed by atoms with E-state index in [-0.39, 0.29) is 12.5 Å². The molecule has 3 aliphatic rings. The van der Waals surface area contributed by atoms with E-state index >= 15 is 0 Å². The summed E-state index contributed by atoms with van der Waals surface area (Å²) in [5.41, 5.74) is 2.62. The Kier molecular flexibility index (Phi) is 7.01. The first kappa shape index (κ1) is 25.7. The summed E-state index contributed by atoms with van der Waals surface area (Å²) in [5, 5.41) is 15.1. The highest BCUT2D eigenvalue weighted by Crippen LogP contribution is 2.40. The van der Waals surface area contributed by atoms with Crippen molar-refractivity contribution in [2.45, 2.75) is 12.5 Å². The molecule has 2 N–H and O–H groups in total. The van der Waals surface area contributed by atoms with Gasteiger partial charge in [0.15, 0.2) is 0 Å². The number of nitrogens with one attached hydrogen (secondary N) is 1. The Morgan fingerprint density at radius 3 is 2.62 bits per heavy atom. The standard InChI is InChI=1S/C32H35N5O2S/c38-19-18-35-14-16-36(17-15-35)31-27(32(39)33-12-13-37-21-22-8-9-23(37)20-22)10-11-28(34-31)26-6-3-5-25-24-4-1-2-7-29(24)40-30(25)26/h1-11,22-23,38H,12-21H2,(H,33,39). The number of likely N-dealkylation sites (tertiary alicyclic amines) is 1. The molecule has 2 aromatic heterocycles. The number of fused-ring (bicyclic) bond motifs is 5. The van der Waals surface area contributed by atoms with Gasteiger partial charge < -0.3 is 15.3 Å². The largest absolute Gasteiger partial charge is 0.395 e. The Morgan fingerprint density at radius 2 is 1.82 bits per heavy atom. The first-order valence-electron chi connectivity index (χ1n) is 14.4. The van der Waals surface area contributed by atoms with Crippen LogP contribution in [0.4, 0.5) is 5.82 Å². The van der Waals surface area contributed by atoms with E-state index in [1.165, 1.54) is 26.6 Å². The van der Waals surface area contributed by atoms with Gasteiger partial charge in [0.2, 0.25) is 0 Å². The summed E-state index contributed by atoms with van der Waals surface area (Å²) >= 11 is 1.80. The van der Waals surface area contributed by atoms with Crippen molar-refractivity contribution in [3.63, 3.8) is 0 Å². The zero-order valence-electron chi connectivity index (χ0n) is 22.6. The number of hydrogen-bond donors (Lipinski definition) is 2. The normalized spacial score (nSPS) is 21.2. The van der Waals surface area contributed by atoms with Crippen molar-refractivity contribution in [2.75, 3.05) is 63.9 Å². The molecule has 0 saturated carbocycles. The maximum Gasteiger partial charge on any atom is 0.255 e. The molecule has 2 aliphatic heterocycles. The highest BCUT2D eigenvalue weighted by Gasteiger charge is 2.33. The van der Waals surface area contributed by atoms with E-state index in [4.69, 9.17) is 4.98 Å². The second-order valence-corrected chi connectivity index (χ2v) is 12.2. The summed E-state index contributed by atoms with van der Waals surface area (Å²) in [6, 6.07) is 19.4. The molecule has 2 unspecified atom stereocenters. The fourth-order valence-electron chi connectivity index (χ4n) is 6.55. The quantitative estimate of drug-likeness (QED) is 0.319. The lowest BCUT2D eigenvalue weighted by molar-refractivity contribution is 0.0948. The first-order chi connectivity index (χ1) is 19.7. The number of thiophene rings is 1. The van der Waals surface area contributed by atoms with Gasteiger partial charge in [-0.15, -0.1) is 11.3 Å². The van der Waals surface area contributed by atoms with Gasteiger partial charge >= 0.3 is 0 Å². The Balaban J connectivity index is 1.18. The number of pyridine rings is 1. The smallest absolute Gasteiger partial charge is 0.255 e. The fraction of sp³-hybridized carbons (Fsp3) is 0.375. The summed E-state index contributed by atoms with van der Waals surface area (Å²) in [7, 11) is 0. The molecule has 0 radical (unpaired) electrons. The van der Waals surface area contributed by atoms with Crippen molar-refractivity contribution in [2.24, 2.45) is 5.92 Å². The van der Waals surface area contributed by atoms with Crippen molar-refractivity contribution in [1.29, 1.82) is 0 Å². The molecule has 2 bridgehead atoms. The number of aliphatic hydroxyl groups excluding tert-OH is 1. The number of carbonyl (C=O) groups is 1. The lowest BCUT2D eigenvalue weighted by Gasteiger charge is -2.36. The maximum atomic E-state index is 13.5. The minimum atomic E-state index is -0.0631. The Labute approximate surface area is 238 Å². The molecule has 7 nitrogen and oxygen atoms in total. The molecule has 2 atom stereocenters. The van der Waals surface area contributed by atoms with Gasteiger partial charge in [-0.25, -0.2) is 4.98 Å². The van der Waals surface area contributed by atoms with E-state index in [2.05, 4.69) is 74.6 Å². The average molecular weight is 554 g/mol. The van der Waals surface area contributed by atoms with E-state index in [9.17, 15) is 9.90 Å². The minimum Gasteiger partial charge on any atom is -0.395 e. The number of amides is 1. The first-order valence-corrected chi connectivity index (χ1v) is 15.2. The van der Waals surface area contributed by atoms with Gasteiger partial charge in [-0.05, 0) is 30.5 Å². The van der Waals surface area contributed by atoms with E-state index in [1.54, 1.807) is 11.3 Å². The zero-order valence-corrected chi connectivity index (χ0v) is 23.4. The van der Waals surface area contributed by atoms with Crippen molar-refractivity contribution in [1.82, 2.24) is 20.1 Å². The van der Waals surface area contributed by atoms with Gasteiger partial charge in [0.05, 0.1) is 17.9 Å². The zero-order chi connectivity index (χ0) is 27.1. The summed E-state index contributed by atoms with van der Waals surface area (Å²) in [6.07, 6.45) is 5.86. The van der Waals surface area contributed by atoms with Crippen molar-refractivity contribution in [3.05, 3.63) is 72.3 Å². The van der Waals surface area contributed by atoms with E-state index in [1.807, 2.05) is 12.1 Å². The second kappa shape index (κ2) is 10.9. The summed E-state index contributed by atoms with van der Waals surface area (Å²) < 4.78 is 2.49. The number of benzene rings is 2.